The fraction of sp³-hybridized carbons (Fsp3) is 0.304. The quantitative estimate of drug-likeness (QED) is 0.539. The molecule has 2 fully saturated rings. The number of carboxylic acid groups (broad SMARTS) is 1. The van der Waals surface area contributed by atoms with Gasteiger partial charge in [-0.1, -0.05) is 6.08 Å². The number of rotatable bonds is 6. The normalized spacial score (nSPS) is 17.3. The maximum Gasteiger partial charge on any atom is 0.337 e. The van der Waals surface area contributed by atoms with E-state index in [1.54, 1.807) is 6.07 Å². The van der Waals surface area contributed by atoms with Crippen molar-refractivity contribution >= 4 is 23.4 Å². The third-order valence-electron chi connectivity index (χ3n) is 5.91. The molecule has 0 radical (unpaired) electrons. The number of aromatic carboxylic acids is 1. The first-order valence-corrected chi connectivity index (χ1v) is 10.6. The monoisotopic (exact) mass is 435 g/mol. The van der Waals surface area contributed by atoms with Crippen molar-refractivity contribution in [1.29, 1.82) is 0 Å². The molecule has 4 N–H and O–H groups in total. The second-order valence-electron chi connectivity index (χ2n) is 8.25. The summed E-state index contributed by atoms with van der Waals surface area (Å²) in [6, 6.07) is 5.53. The van der Waals surface area contributed by atoms with Gasteiger partial charge in [0.15, 0.2) is 11.5 Å². The SMILES string of the molecule is O=C(Nc1cc(C2CC2)c(F)cc1C(=O)O)c1ccc(NC2=C3CCCC(=CC2)N3)nn1. The lowest BCUT2D eigenvalue weighted by molar-refractivity contribution is 0.0697. The molecular formula is C23H22FN5O3. The number of hydrogen-bond donors (Lipinski definition) is 4. The number of carboxylic acids is 1. The summed E-state index contributed by atoms with van der Waals surface area (Å²) in [5, 5.41) is 26.7. The number of aromatic nitrogens is 2. The average molecular weight is 435 g/mol. The molecule has 1 saturated carbocycles. The van der Waals surface area contributed by atoms with Gasteiger partial charge >= 0.3 is 5.97 Å². The zero-order chi connectivity index (χ0) is 22.2. The van der Waals surface area contributed by atoms with Crippen LogP contribution >= 0.6 is 0 Å². The molecule has 9 heteroatoms. The second kappa shape index (κ2) is 8.07. The Morgan fingerprint density at radius 1 is 1.16 bits per heavy atom. The van der Waals surface area contributed by atoms with Crippen LogP contribution in [0.15, 0.2) is 47.4 Å². The fourth-order valence-electron chi connectivity index (χ4n) is 4.07. The number of piperidine rings is 1. The summed E-state index contributed by atoms with van der Waals surface area (Å²) in [5.74, 6) is -1.91. The number of nitrogens with zero attached hydrogens (tertiary/aromatic N) is 2. The molecule has 1 aromatic carbocycles. The number of amides is 1. The Labute approximate surface area is 183 Å². The van der Waals surface area contributed by atoms with Gasteiger partial charge in [0.2, 0.25) is 0 Å². The van der Waals surface area contributed by atoms with E-state index in [0.717, 1.165) is 56.0 Å². The van der Waals surface area contributed by atoms with E-state index >= 15 is 0 Å². The van der Waals surface area contributed by atoms with Crippen LogP contribution in [-0.4, -0.2) is 27.2 Å². The van der Waals surface area contributed by atoms with E-state index in [9.17, 15) is 19.1 Å². The molecule has 1 amide bonds. The van der Waals surface area contributed by atoms with Crippen molar-refractivity contribution in [3.63, 3.8) is 0 Å². The van der Waals surface area contributed by atoms with Crippen molar-refractivity contribution in [2.24, 2.45) is 0 Å². The van der Waals surface area contributed by atoms with Gasteiger partial charge in [-0.25, -0.2) is 9.18 Å². The van der Waals surface area contributed by atoms with E-state index in [2.05, 4.69) is 32.2 Å². The van der Waals surface area contributed by atoms with E-state index in [1.807, 2.05) is 0 Å². The smallest absolute Gasteiger partial charge is 0.337 e. The molecule has 8 nitrogen and oxygen atoms in total. The molecule has 164 valence electrons. The van der Waals surface area contributed by atoms with Crippen molar-refractivity contribution in [3.05, 3.63) is 70.1 Å². The molecule has 0 atom stereocenters. The van der Waals surface area contributed by atoms with E-state index in [0.29, 0.717) is 11.4 Å². The predicted molar refractivity (Wildman–Crippen MR) is 116 cm³/mol. The Morgan fingerprint density at radius 3 is 2.72 bits per heavy atom. The van der Waals surface area contributed by atoms with Gasteiger partial charge in [-0.05, 0) is 67.9 Å². The molecule has 1 aromatic heterocycles. The van der Waals surface area contributed by atoms with E-state index in [-0.39, 0.29) is 22.9 Å². The van der Waals surface area contributed by atoms with Gasteiger partial charge < -0.3 is 21.1 Å². The van der Waals surface area contributed by atoms with Gasteiger partial charge in [0, 0.05) is 23.5 Å². The zero-order valence-electron chi connectivity index (χ0n) is 17.2. The van der Waals surface area contributed by atoms with Gasteiger partial charge in [0.1, 0.15) is 5.82 Å². The highest BCUT2D eigenvalue weighted by Gasteiger charge is 2.29. The molecule has 32 heavy (non-hydrogen) atoms. The number of hydrogen-bond acceptors (Lipinski definition) is 6. The third kappa shape index (κ3) is 4.05. The molecule has 0 spiro atoms. The van der Waals surface area contributed by atoms with Crippen LogP contribution in [0.25, 0.3) is 0 Å². The third-order valence-corrected chi connectivity index (χ3v) is 5.91. The average Bonchev–Trinajstić information content (AvgIpc) is 3.62. The van der Waals surface area contributed by atoms with Gasteiger partial charge in [-0.2, -0.15) is 0 Å². The van der Waals surface area contributed by atoms with Crippen LogP contribution in [0.3, 0.4) is 0 Å². The lowest BCUT2D eigenvalue weighted by Gasteiger charge is -2.27. The molecule has 2 aromatic rings. The summed E-state index contributed by atoms with van der Waals surface area (Å²) in [6.45, 7) is 0. The summed E-state index contributed by atoms with van der Waals surface area (Å²) >= 11 is 0. The van der Waals surface area contributed by atoms with E-state index in [4.69, 9.17) is 0 Å². The topological polar surface area (TPSA) is 116 Å². The van der Waals surface area contributed by atoms with Crippen molar-refractivity contribution in [2.75, 3.05) is 10.6 Å². The van der Waals surface area contributed by atoms with Crippen LogP contribution in [0.5, 0.6) is 0 Å². The molecule has 5 rings (SSSR count). The minimum atomic E-state index is -1.32. The van der Waals surface area contributed by atoms with Gasteiger partial charge in [0.25, 0.3) is 5.91 Å². The fourth-order valence-corrected chi connectivity index (χ4v) is 4.07. The Morgan fingerprint density at radius 2 is 2.00 bits per heavy atom. The van der Waals surface area contributed by atoms with Crippen LogP contribution in [0.2, 0.25) is 0 Å². The number of fused-ring (bicyclic) bond motifs is 2. The number of nitrogens with one attached hydrogen (secondary N) is 3. The number of allylic oxidation sites excluding steroid dienone is 3. The number of carbonyl (C=O) groups is 2. The Bertz CT molecular complexity index is 1170. The van der Waals surface area contributed by atoms with Crippen LogP contribution in [0, 0.1) is 5.82 Å². The largest absolute Gasteiger partial charge is 0.478 e. The Hall–Kier alpha value is -3.75. The maximum atomic E-state index is 14.2. The van der Waals surface area contributed by atoms with Gasteiger partial charge in [-0.3, -0.25) is 4.79 Å². The lowest BCUT2D eigenvalue weighted by atomic mass is 9.98. The first kappa shape index (κ1) is 20.2. The van der Waals surface area contributed by atoms with Crippen molar-refractivity contribution in [1.82, 2.24) is 15.5 Å². The summed E-state index contributed by atoms with van der Waals surface area (Å²) < 4.78 is 14.2. The summed E-state index contributed by atoms with van der Waals surface area (Å²) in [7, 11) is 0. The Balaban J connectivity index is 1.31. The van der Waals surface area contributed by atoms with Crippen LogP contribution in [0.1, 0.15) is 70.9 Å². The number of anilines is 2. The predicted octanol–water partition coefficient (Wildman–Crippen LogP) is 4.13. The number of benzene rings is 1. The van der Waals surface area contributed by atoms with Crippen molar-refractivity contribution < 1.29 is 19.1 Å². The summed E-state index contributed by atoms with van der Waals surface area (Å²) in [5.41, 5.74) is 3.64. The van der Waals surface area contributed by atoms with E-state index < -0.39 is 17.7 Å². The number of carbonyl (C=O) groups excluding carboxylic acids is 1. The summed E-state index contributed by atoms with van der Waals surface area (Å²) in [4.78, 5) is 24.2. The maximum absolute atomic E-state index is 14.2. The van der Waals surface area contributed by atoms with Crippen LogP contribution in [-0.2, 0) is 0 Å². The van der Waals surface area contributed by atoms with Gasteiger partial charge in [-0.15, -0.1) is 10.2 Å². The van der Waals surface area contributed by atoms with Crippen molar-refractivity contribution in [3.8, 4) is 0 Å². The highest BCUT2D eigenvalue weighted by Crippen LogP contribution is 2.42. The molecule has 3 heterocycles. The zero-order valence-corrected chi connectivity index (χ0v) is 17.2. The molecule has 1 saturated heterocycles. The second-order valence-corrected chi connectivity index (χ2v) is 8.25. The number of halogens is 1. The molecule has 2 bridgehead atoms. The van der Waals surface area contributed by atoms with Gasteiger partial charge in [0.05, 0.1) is 11.3 Å². The molecule has 2 aliphatic heterocycles. The molecule has 3 aliphatic rings. The molecule has 0 unspecified atom stereocenters. The number of dihydropyridines is 1. The van der Waals surface area contributed by atoms with Crippen molar-refractivity contribution in [2.45, 2.75) is 44.4 Å². The van der Waals surface area contributed by atoms with Crippen LogP contribution in [0.4, 0.5) is 15.9 Å². The summed E-state index contributed by atoms with van der Waals surface area (Å²) in [6.07, 6.45) is 7.78. The minimum absolute atomic E-state index is 0.0310. The Kier molecular flexibility index (Phi) is 5.08. The van der Waals surface area contributed by atoms with Crippen LogP contribution < -0.4 is 16.0 Å². The first-order valence-electron chi connectivity index (χ1n) is 10.6. The lowest BCUT2D eigenvalue weighted by Crippen LogP contribution is -2.25. The van der Waals surface area contributed by atoms with E-state index in [1.165, 1.54) is 17.8 Å². The minimum Gasteiger partial charge on any atom is -0.478 e. The molecular weight excluding hydrogens is 413 g/mol. The first-order chi connectivity index (χ1) is 15.5. The highest BCUT2D eigenvalue weighted by molar-refractivity contribution is 6.06. The highest BCUT2D eigenvalue weighted by atomic mass is 19.1. The standard InChI is InChI=1S/C23H22FN5O3/c24-16-10-15(23(31)32)20(11-14(16)12-4-5-12)27-22(30)19-8-9-21(29-28-19)26-18-7-6-13-2-1-3-17(18)25-13/h6,8-12,25H,1-5,7H2,(H,26,29)(H,27,30)(H,31,32). The molecule has 1 aliphatic carbocycles.